The van der Waals surface area contributed by atoms with Gasteiger partial charge in [0.15, 0.2) is 0 Å². The highest BCUT2D eigenvalue weighted by molar-refractivity contribution is 7.89. The Morgan fingerprint density at radius 2 is 1.81 bits per heavy atom. The third kappa shape index (κ3) is 4.59. The Balaban J connectivity index is 2.49. The molecule has 1 amide bonds. The second-order valence-electron chi connectivity index (χ2n) is 6.50. The number of nitrogens with one attached hydrogen (secondary N) is 1. The minimum atomic E-state index is -3.72. The Kier molecular flexibility index (Phi) is 6.83. The summed E-state index contributed by atoms with van der Waals surface area (Å²) in [4.78, 5) is 25.8. The van der Waals surface area contributed by atoms with Crippen LogP contribution in [0.4, 0.5) is 5.69 Å². The summed E-state index contributed by atoms with van der Waals surface area (Å²) in [6.07, 6.45) is 1.98. The Morgan fingerprint density at radius 1 is 1.22 bits per heavy atom. The van der Waals surface area contributed by atoms with Gasteiger partial charge in [-0.1, -0.05) is 13.8 Å². The molecule has 9 heteroatoms. The Hall–Kier alpha value is -2.13. The lowest BCUT2D eigenvalue weighted by Crippen LogP contribution is -2.39. The molecule has 2 rings (SSSR count). The molecule has 0 aromatic heterocycles. The van der Waals surface area contributed by atoms with Crippen LogP contribution in [0.5, 0.6) is 0 Å². The van der Waals surface area contributed by atoms with Crippen molar-refractivity contribution in [1.29, 1.82) is 0 Å². The SMILES string of the molecule is CCN(CC)S(=O)(=O)c1ccc(N2CCCC2)c(C(=O)N[C@H](C)C(=O)O)c1. The number of carboxylic acids is 1. The first-order valence-electron chi connectivity index (χ1n) is 9.15. The minimum Gasteiger partial charge on any atom is -0.480 e. The largest absolute Gasteiger partial charge is 0.480 e. The molecule has 1 atom stereocenters. The fourth-order valence-electron chi connectivity index (χ4n) is 3.14. The van der Waals surface area contributed by atoms with Gasteiger partial charge in [0.2, 0.25) is 10.0 Å². The van der Waals surface area contributed by atoms with E-state index < -0.39 is 27.9 Å². The van der Waals surface area contributed by atoms with Crippen LogP contribution < -0.4 is 10.2 Å². The quantitative estimate of drug-likeness (QED) is 0.689. The van der Waals surface area contributed by atoms with Gasteiger partial charge in [0.05, 0.1) is 10.5 Å². The minimum absolute atomic E-state index is 0.0299. The van der Waals surface area contributed by atoms with Crippen LogP contribution in [0.1, 0.15) is 44.0 Å². The summed E-state index contributed by atoms with van der Waals surface area (Å²) in [7, 11) is -3.72. The molecule has 1 aliphatic rings. The van der Waals surface area contributed by atoms with Crippen LogP contribution in [0.15, 0.2) is 23.1 Å². The molecular formula is C18H27N3O5S. The van der Waals surface area contributed by atoms with Gasteiger partial charge in [-0.25, -0.2) is 8.42 Å². The number of sulfonamides is 1. The van der Waals surface area contributed by atoms with Crippen LogP contribution in [-0.4, -0.2) is 61.9 Å². The van der Waals surface area contributed by atoms with E-state index in [1.54, 1.807) is 19.9 Å². The zero-order chi connectivity index (χ0) is 20.2. The first-order valence-corrected chi connectivity index (χ1v) is 10.6. The van der Waals surface area contributed by atoms with Crippen LogP contribution in [0.3, 0.4) is 0 Å². The molecule has 1 aromatic carbocycles. The predicted molar refractivity (Wildman–Crippen MR) is 103 cm³/mol. The fourth-order valence-corrected chi connectivity index (χ4v) is 4.62. The van der Waals surface area contributed by atoms with Gasteiger partial charge in [0.25, 0.3) is 5.91 Å². The summed E-state index contributed by atoms with van der Waals surface area (Å²) in [5.41, 5.74) is 0.805. The van der Waals surface area contributed by atoms with Crippen LogP contribution >= 0.6 is 0 Å². The van der Waals surface area contributed by atoms with Gasteiger partial charge in [-0.3, -0.25) is 9.59 Å². The molecular weight excluding hydrogens is 370 g/mol. The molecule has 1 aromatic rings. The highest BCUT2D eigenvalue weighted by Gasteiger charge is 2.27. The zero-order valence-electron chi connectivity index (χ0n) is 15.9. The number of hydrogen-bond donors (Lipinski definition) is 2. The third-order valence-electron chi connectivity index (χ3n) is 4.72. The molecule has 1 saturated heterocycles. The van der Waals surface area contributed by atoms with Crippen LogP contribution in [0, 0.1) is 0 Å². The van der Waals surface area contributed by atoms with Crippen LogP contribution in [0.25, 0.3) is 0 Å². The molecule has 150 valence electrons. The van der Waals surface area contributed by atoms with E-state index in [2.05, 4.69) is 5.32 Å². The van der Waals surface area contributed by atoms with Gasteiger partial charge in [0.1, 0.15) is 6.04 Å². The summed E-state index contributed by atoms with van der Waals surface area (Å²) in [5, 5.41) is 11.5. The fraction of sp³-hybridized carbons (Fsp3) is 0.556. The lowest BCUT2D eigenvalue weighted by molar-refractivity contribution is -0.138. The van der Waals surface area contributed by atoms with Gasteiger partial charge < -0.3 is 15.3 Å². The smallest absolute Gasteiger partial charge is 0.325 e. The first kappa shape index (κ1) is 21.2. The van der Waals surface area contributed by atoms with E-state index in [1.807, 2.05) is 4.90 Å². The number of benzene rings is 1. The molecule has 27 heavy (non-hydrogen) atoms. The third-order valence-corrected chi connectivity index (χ3v) is 6.77. The van der Waals surface area contributed by atoms with Gasteiger partial charge >= 0.3 is 5.97 Å². The van der Waals surface area contributed by atoms with E-state index >= 15 is 0 Å². The number of carbonyl (C=O) groups is 2. The van der Waals surface area contributed by atoms with E-state index in [4.69, 9.17) is 5.11 Å². The maximum absolute atomic E-state index is 12.8. The molecule has 8 nitrogen and oxygen atoms in total. The van der Waals surface area contributed by atoms with Crippen molar-refractivity contribution in [3.05, 3.63) is 23.8 Å². The molecule has 0 unspecified atom stereocenters. The molecule has 1 aliphatic heterocycles. The average Bonchev–Trinajstić information content (AvgIpc) is 3.16. The number of hydrogen-bond acceptors (Lipinski definition) is 5. The van der Waals surface area contributed by atoms with E-state index in [9.17, 15) is 18.0 Å². The second-order valence-corrected chi connectivity index (χ2v) is 8.43. The standard InChI is InChI=1S/C18H27N3O5S/c1-4-21(5-2)27(25,26)14-8-9-16(20-10-6-7-11-20)15(12-14)17(22)19-13(3)18(23)24/h8-9,12-13H,4-7,10-11H2,1-3H3,(H,19,22)(H,23,24)/t13-/m1/s1. The number of amides is 1. The summed E-state index contributed by atoms with van der Waals surface area (Å²) in [6, 6.07) is 3.43. The van der Waals surface area contributed by atoms with Crippen molar-refractivity contribution in [3.63, 3.8) is 0 Å². The summed E-state index contributed by atoms with van der Waals surface area (Å²) < 4.78 is 27.0. The van der Waals surface area contributed by atoms with E-state index in [0.29, 0.717) is 18.8 Å². The van der Waals surface area contributed by atoms with Crippen LogP contribution in [-0.2, 0) is 14.8 Å². The van der Waals surface area contributed by atoms with Crippen molar-refractivity contribution in [2.75, 3.05) is 31.1 Å². The molecule has 0 aliphatic carbocycles. The number of rotatable bonds is 8. The van der Waals surface area contributed by atoms with E-state index in [1.165, 1.54) is 23.4 Å². The Labute approximate surface area is 160 Å². The summed E-state index contributed by atoms with van der Waals surface area (Å²) >= 11 is 0. The summed E-state index contributed by atoms with van der Waals surface area (Å²) in [6.45, 7) is 7.07. The van der Waals surface area contributed by atoms with Gasteiger partial charge in [-0.2, -0.15) is 4.31 Å². The second kappa shape index (κ2) is 8.71. The van der Waals surface area contributed by atoms with Crippen molar-refractivity contribution in [3.8, 4) is 0 Å². The predicted octanol–water partition coefficient (Wildman–Crippen LogP) is 1.52. The summed E-state index contributed by atoms with van der Waals surface area (Å²) in [5.74, 6) is -1.75. The van der Waals surface area contributed by atoms with Crippen molar-refractivity contribution < 1.29 is 23.1 Å². The highest BCUT2D eigenvalue weighted by Crippen LogP contribution is 2.28. The van der Waals surface area contributed by atoms with E-state index in [-0.39, 0.29) is 10.5 Å². The zero-order valence-corrected chi connectivity index (χ0v) is 16.8. The Bertz CT molecular complexity index is 799. The van der Waals surface area contributed by atoms with Crippen molar-refractivity contribution in [2.45, 2.75) is 44.6 Å². The molecule has 0 radical (unpaired) electrons. The van der Waals surface area contributed by atoms with Gasteiger partial charge in [0, 0.05) is 31.9 Å². The number of carbonyl (C=O) groups excluding carboxylic acids is 1. The molecule has 1 fully saturated rings. The van der Waals surface area contributed by atoms with Gasteiger partial charge in [-0.05, 0) is 38.0 Å². The lowest BCUT2D eigenvalue weighted by atomic mass is 10.1. The molecule has 0 spiro atoms. The lowest BCUT2D eigenvalue weighted by Gasteiger charge is -2.24. The number of carboxylic acid groups (broad SMARTS) is 1. The van der Waals surface area contributed by atoms with Gasteiger partial charge in [-0.15, -0.1) is 0 Å². The van der Waals surface area contributed by atoms with Crippen molar-refractivity contribution in [2.24, 2.45) is 0 Å². The van der Waals surface area contributed by atoms with E-state index in [0.717, 1.165) is 25.9 Å². The van der Waals surface area contributed by atoms with Crippen molar-refractivity contribution >= 4 is 27.6 Å². The topological polar surface area (TPSA) is 107 Å². The first-order chi connectivity index (χ1) is 12.7. The van der Waals surface area contributed by atoms with Crippen LogP contribution in [0.2, 0.25) is 0 Å². The number of anilines is 1. The molecule has 1 heterocycles. The van der Waals surface area contributed by atoms with Crippen molar-refractivity contribution in [1.82, 2.24) is 9.62 Å². The Morgan fingerprint density at radius 3 is 2.33 bits per heavy atom. The molecule has 0 saturated carbocycles. The maximum atomic E-state index is 12.8. The normalized spacial score (nSPS) is 15.8. The molecule has 0 bridgehead atoms. The number of nitrogens with zero attached hydrogens (tertiary/aromatic N) is 2. The average molecular weight is 397 g/mol. The highest BCUT2D eigenvalue weighted by atomic mass is 32.2. The number of aliphatic carboxylic acids is 1. The monoisotopic (exact) mass is 397 g/mol. The molecule has 2 N–H and O–H groups in total. The maximum Gasteiger partial charge on any atom is 0.325 e.